The first kappa shape index (κ1) is 16.5. The highest BCUT2D eigenvalue weighted by atomic mass is 16.2. The fourth-order valence-electron chi connectivity index (χ4n) is 3.53. The van der Waals surface area contributed by atoms with Crippen molar-refractivity contribution in [2.24, 2.45) is 7.05 Å². The second kappa shape index (κ2) is 6.26. The smallest absolute Gasteiger partial charge is 0.255 e. The Morgan fingerprint density at radius 2 is 2.04 bits per heavy atom. The van der Waals surface area contributed by atoms with Crippen LogP contribution in [0.4, 0.5) is 5.82 Å². The number of likely N-dealkylation sites (tertiary alicyclic amines) is 1. The van der Waals surface area contributed by atoms with Crippen LogP contribution in [0.5, 0.6) is 0 Å². The molecule has 1 amide bonds. The molecule has 0 aromatic carbocycles. The average molecular weight is 327 g/mol. The zero-order valence-electron chi connectivity index (χ0n) is 15.1. The summed E-state index contributed by atoms with van der Waals surface area (Å²) in [5.41, 5.74) is 3.99. The van der Waals surface area contributed by atoms with E-state index in [9.17, 15) is 4.79 Å². The van der Waals surface area contributed by atoms with Crippen LogP contribution in [-0.4, -0.2) is 46.2 Å². The van der Waals surface area contributed by atoms with Gasteiger partial charge in [0.05, 0.1) is 17.3 Å². The summed E-state index contributed by atoms with van der Waals surface area (Å²) in [7, 11) is 5.83. The maximum Gasteiger partial charge on any atom is 0.255 e. The number of nitrogens with zero attached hydrogens (tertiary/aromatic N) is 5. The first-order valence-corrected chi connectivity index (χ1v) is 8.34. The third-order valence-electron chi connectivity index (χ3n) is 4.86. The van der Waals surface area contributed by atoms with Crippen LogP contribution < -0.4 is 4.90 Å². The van der Waals surface area contributed by atoms with Crippen LogP contribution >= 0.6 is 0 Å². The number of pyridine rings is 1. The van der Waals surface area contributed by atoms with E-state index < -0.39 is 0 Å². The Kier molecular flexibility index (Phi) is 4.30. The molecule has 1 atom stereocenters. The van der Waals surface area contributed by atoms with Crippen molar-refractivity contribution in [3.63, 3.8) is 0 Å². The Hall–Kier alpha value is -2.37. The predicted octanol–water partition coefficient (Wildman–Crippen LogP) is 2.48. The van der Waals surface area contributed by atoms with Gasteiger partial charge in [-0.3, -0.25) is 9.48 Å². The van der Waals surface area contributed by atoms with Crippen LogP contribution in [0.3, 0.4) is 0 Å². The molecule has 1 aliphatic rings. The number of hydrogen-bond acceptors (Lipinski definition) is 4. The largest absolute Gasteiger partial charge is 0.363 e. The van der Waals surface area contributed by atoms with Gasteiger partial charge >= 0.3 is 0 Å². The molecule has 1 fully saturated rings. The van der Waals surface area contributed by atoms with Crippen LogP contribution in [0.1, 0.15) is 46.2 Å². The van der Waals surface area contributed by atoms with E-state index in [1.54, 1.807) is 6.20 Å². The molecule has 0 saturated carbocycles. The van der Waals surface area contributed by atoms with E-state index in [1.807, 2.05) is 54.7 Å². The molecule has 6 nitrogen and oxygen atoms in total. The van der Waals surface area contributed by atoms with Gasteiger partial charge in [-0.2, -0.15) is 5.10 Å². The Morgan fingerprint density at radius 3 is 2.58 bits per heavy atom. The highest BCUT2D eigenvalue weighted by Crippen LogP contribution is 2.36. The van der Waals surface area contributed by atoms with Crippen LogP contribution in [0.15, 0.2) is 18.3 Å². The molecule has 24 heavy (non-hydrogen) atoms. The van der Waals surface area contributed by atoms with Gasteiger partial charge in [-0.05, 0) is 38.8 Å². The van der Waals surface area contributed by atoms with Gasteiger partial charge in [-0.25, -0.2) is 4.98 Å². The van der Waals surface area contributed by atoms with Crippen molar-refractivity contribution < 1.29 is 4.79 Å². The lowest BCUT2D eigenvalue weighted by Crippen LogP contribution is -2.31. The van der Waals surface area contributed by atoms with Gasteiger partial charge in [-0.15, -0.1) is 0 Å². The summed E-state index contributed by atoms with van der Waals surface area (Å²) in [5.74, 6) is 0.904. The molecule has 0 bridgehead atoms. The van der Waals surface area contributed by atoms with Crippen molar-refractivity contribution in [2.45, 2.75) is 32.7 Å². The zero-order chi connectivity index (χ0) is 17.4. The van der Waals surface area contributed by atoms with E-state index in [-0.39, 0.29) is 11.9 Å². The molecule has 0 aliphatic carbocycles. The molecule has 6 heteroatoms. The Labute approximate surface area is 143 Å². The van der Waals surface area contributed by atoms with Crippen molar-refractivity contribution >= 4 is 11.7 Å². The first-order valence-electron chi connectivity index (χ1n) is 8.34. The average Bonchev–Trinajstić information content (AvgIpc) is 3.12. The number of hydrogen-bond donors (Lipinski definition) is 0. The molecule has 1 unspecified atom stereocenters. The number of carbonyl (C=O) groups excluding carboxylic acids is 1. The summed E-state index contributed by atoms with van der Waals surface area (Å²) in [6.07, 6.45) is 3.69. The Bertz CT molecular complexity index is 748. The van der Waals surface area contributed by atoms with E-state index in [4.69, 9.17) is 0 Å². The lowest BCUT2D eigenvalue weighted by molar-refractivity contribution is 0.0734. The van der Waals surface area contributed by atoms with Crippen molar-refractivity contribution in [2.75, 3.05) is 25.5 Å². The third kappa shape index (κ3) is 2.77. The maximum atomic E-state index is 13.0. The normalized spacial score (nSPS) is 17.4. The van der Waals surface area contributed by atoms with Gasteiger partial charge in [0.15, 0.2) is 0 Å². The van der Waals surface area contributed by atoms with Crippen molar-refractivity contribution in [1.82, 2.24) is 19.7 Å². The van der Waals surface area contributed by atoms with E-state index in [0.717, 1.165) is 36.6 Å². The van der Waals surface area contributed by atoms with Crippen molar-refractivity contribution in [3.8, 4) is 0 Å². The van der Waals surface area contributed by atoms with Crippen molar-refractivity contribution in [3.05, 3.63) is 40.8 Å². The zero-order valence-corrected chi connectivity index (χ0v) is 15.1. The minimum atomic E-state index is 0.0537. The highest BCUT2D eigenvalue weighted by molar-refractivity contribution is 5.94. The lowest BCUT2D eigenvalue weighted by Gasteiger charge is -2.25. The fraction of sp³-hybridized carbons (Fsp3) is 0.500. The maximum absolute atomic E-state index is 13.0. The van der Waals surface area contributed by atoms with Gasteiger partial charge < -0.3 is 9.80 Å². The molecule has 1 saturated heterocycles. The lowest BCUT2D eigenvalue weighted by atomic mass is 10.0. The highest BCUT2D eigenvalue weighted by Gasteiger charge is 2.34. The van der Waals surface area contributed by atoms with Gasteiger partial charge in [0.2, 0.25) is 0 Å². The monoisotopic (exact) mass is 327 g/mol. The first-order chi connectivity index (χ1) is 11.4. The quantitative estimate of drug-likeness (QED) is 0.869. The number of amides is 1. The summed E-state index contributed by atoms with van der Waals surface area (Å²) in [6.45, 7) is 4.88. The van der Waals surface area contributed by atoms with Crippen LogP contribution in [0, 0.1) is 13.8 Å². The molecular formula is C18H25N5O. The summed E-state index contributed by atoms with van der Waals surface area (Å²) in [6, 6.07) is 3.86. The molecule has 2 aromatic heterocycles. The van der Waals surface area contributed by atoms with Gasteiger partial charge in [0.25, 0.3) is 5.91 Å². The Balaban J connectivity index is 1.88. The van der Waals surface area contributed by atoms with E-state index in [2.05, 4.69) is 17.0 Å². The number of carbonyl (C=O) groups is 1. The van der Waals surface area contributed by atoms with Gasteiger partial charge in [0.1, 0.15) is 5.82 Å². The summed E-state index contributed by atoms with van der Waals surface area (Å²) in [4.78, 5) is 21.3. The summed E-state index contributed by atoms with van der Waals surface area (Å²) >= 11 is 0. The number of aryl methyl sites for hydroxylation is 2. The molecule has 2 aromatic rings. The topological polar surface area (TPSA) is 54.3 Å². The van der Waals surface area contributed by atoms with E-state index >= 15 is 0 Å². The summed E-state index contributed by atoms with van der Waals surface area (Å²) in [5, 5.41) is 4.51. The fourth-order valence-corrected chi connectivity index (χ4v) is 3.53. The number of aromatic nitrogens is 3. The van der Waals surface area contributed by atoms with E-state index in [1.165, 1.54) is 5.56 Å². The number of anilines is 1. The minimum absolute atomic E-state index is 0.0537. The summed E-state index contributed by atoms with van der Waals surface area (Å²) < 4.78 is 1.90. The molecule has 3 rings (SSSR count). The molecule has 128 valence electrons. The molecule has 0 radical (unpaired) electrons. The Morgan fingerprint density at radius 1 is 1.29 bits per heavy atom. The third-order valence-corrected chi connectivity index (χ3v) is 4.86. The molecular weight excluding hydrogens is 302 g/mol. The second-order valence-electron chi connectivity index (χ2n) is 6.66. The molecule has 3 heterocycles. The van der Waals surface area contributed by atoms with E-state index in [0.29, 0.717) is 5.56 Å². The number of rotatable bonds is 3. The standard InChI is InChI=1S/C18H25N5O/c1-12-17(13(2)22(5)20-12)15-7-6-10-23(15)18(24)14-8-9-16(19-11-14)21(3)4/h8-9,11,15H,6-7,10H2,1-5H3. The molecule has 1 aliphatic heterocycles. The predicted molar refractivity (Wildman–Crippen MR) is 94.3 cm³/mol. The van der Waals surface area contributed by atoms with Crippen LogP contribution in [0.25, 0.3) is 0 Å². The van der Waals surface area contributed by atoms with Crippen LogP contribution in [-0.2, 0) is 7.05 Å². The molecule has 0 N–H and O–H groups in total. The molecule has 0 spiro atoms. The van der Waals surface area contributed by atoms with Gasteiger partial charge in [-0.1, -0.05) is 0 Å². The minimum Gasteiger partial charge on any atom is -0.363 e. The van der Waals surface area contributed by atoms with Gasteiger partial charge in [0, 0.05) is 45.1 Å². The SMILES string of the molecule is Cc1nn(C)c(C)c1C1CCCN1C(=O)c1ccc(N(C)C)nc1. The van der Waals surface area contributed by atoms with Crippen LogP contribution in [0.2, 0.25) is 0 Å². The second-order valence-corrected chi connectivity index (χ2v) is 6.66. The van der Waals surface area contributed by atoms with Crippen molar-refractivity contribution in [1.29, 1.82) is 0 Å².